The van der Waals surface area contributed by atoms with Gasteiger partial charge in [0.15, 0.2) is 0 Å². The van der Waals surface area contributed by atoms with Crippen molar-refractivity contribution in [2.75, 3.05) is 10.6 Å². The van der Waals surface area contributed by atoms with Gasteiger partial charge in [-0.05, 0) is 36.4 Å². The van der Waals surface area contributed by atoms with Crippen molar-refractivity contribution in [3.05, 3.63) is 97.1 Å². The van der Waals surface area contributed by atoms with Crippen molar-refractivity contribution in [1.29, 1.82) is 0 Å². The lowest BCUT2D eigenvalue weighted by molar-refractivity contribution is 0.102. The summed E-state index contributed by atoms with van der Waals surface area (Å²) >= 11 is 0. The van der Waals surface area contributed by atoms with Gasteiger partial charge in [-0.1, -0.05) is 36.4 Å². The largest absolute Gasteiger partial charge is 0.340 e. The third-order valence-corrected chi connectivity index (χ3v) is 4.05. The van der Waals surface area contributed by atoms with Crippen LogP contribution in [-0.4, -0.2) is 20.9 Å². The second kappa shape index (κ2) is 8.09. The Balaban J connectivity index is 1.44. The maximum absolute atomic E-state index is 12.2. The van der Waals surface area contributed by atoms with E-state index >= 15 is 0 Å². The summed E-state index contributed by atoms with van der Waals surface area (Å²) in [6, 6.07) is 24.4. The van der Waals surface area contributed by atoms with Crippen LogP contribution in [0.2, 0.25) is 0 Å². The van der Waals surface area contributed by atoms with Gasteiger partial charge in [0.1, 0.15) is 17.8 Å². The van der Waals surface area contributed by atoms with Crippen LogP contribution in [0.5, 0.6) is 0 Å². The Hall–Kier alpha value is -4.06. The molecule has 0 saturated heterocycles. The van der Waals surface area contributed by atoms with Gasteiger partial charge < -0.3 is 10.6 Å². The Morgan fingerprint density at radius 2 is 1.50 bits per heavy atom. The van der Waals surface area contributed by atoms with Gasteiger partial charge in [-0.2, -0.15) is 0 Å². The van der Waals surface area contributed by atoms with E-state index in [1.54, 1.807) is 24.4 Å². The molecule has 6 heteroatoms. The van der Waals surface area contributed by atoms with E-state index in [1.807, 2.05) is 60.7 Å². The molecule has 6 nitrogen and oxygen atoms in total. The van der Waals surface area contributed by atoms with Gasteiger partial charge in [0, 0.05) is 29.2 Å². The van der Waals surface area contributed by atoms with Crippen LogP contribution in [0.3, 0.4) is 0 Å². The van der Waals surface area contributed by atoms with Crippen LogP contribution >= 0.6 is 0 Å². The highest BCUT2D eigenvalue weighted by Crippen LogP contribution is 2.22. The van der Waals surface area contributed by atoms with Crippen LogP contribution in [0, 0.1) is 0 Å². The molecular formula is C22H17N5O. The topological polar surface area (TPSA) is 79.8 Å². The monoisotopic (exact) mass is 367 g/mol. The Morgan fingerprint density at radius 1 is 0.750 bits per heavy atom. The number of aromatic nitrogens is 3. The number of amides is 1. The van der Waals surface area contributed by atoms with Crippen molar-refractivity contribution in [1.82, 2.24) is 15.0 Å². The molecule has 4 aromatic rings. The summed E-state index contributed by atoms with van der Waals surface area (Å²) in [5, 5.41) is 6.08. The molecule has 0 aliphatic rings. The van der Waals surface area contributed by atoms with E-state index in [0.717, 1.165) is 16.9 Å². The molecule has 0 unspecified atom stereocenters. The van der Waals surface area contributed by atoms with Crippen LogP contribution < -0.4 is 10.6 Å². The molecule has 0 aliphatic carbocycles. The van der Waals surface area contributed by atoms with E-state index in [2.05, 4.69) is 25.6 Å². The molecule has 28 heavy (non-hydrogen) atoms. The van der Waals surface area contributed by atoms with Crippen LogP contribution in [0.1, 0.15) is 10.5 Å². The van der Waals surface area contributed by atoms with Gasteiger partial charge in [0.2, 0.25) is 0 Å². The Labute approximate surface area is 162 Å². The van der Waals surface area contributed by atoms with Crippen LogP contribution in [0.15, 0.2) is 91.4 Å². The first-order chi connectivity index (χ1) is 13.8. The number of nitrogens with one attached hydrogen (secondary N) is 2. The molecule has 2 N–H and O–H groups in total. The minimum atomic E-state index is -0.246. The number of hydrogen-bond acceptors (Lipinski definition) is 5. The minimum absolute atomic E-state index is 0.246. The molecule has 0 bridgehead atoms. The number of benzene rings is 2. The van der Waals surface area contributed by atoms with Gasteiger partial charge in [0.25, 0.3) is 5.91 Å². The first-order valence-electron chi connectivity index (χ1n) is 8.75. The SMILES string of the molecule is O=C(Nc1ccc(Nc2cc(-c3ccccc3)ncn2)cc1)c1ccccn1. The summed E-state index contributed by atoms with van der Waals surface area (Å²) in [6.07, 6.45) is 3.12. The lowest BCUT2D eigenvalue weighted by atomic mass is 10.1. The molecule has 136 valence electrons. The Kier molecular flexibility index (Phi) is 5.02. The Bertz CT molecular complexity index is 1070. The maximum atomic E-state index is 12.2. The number of rotatable bonds is 5. The van der Waals surface area contributed by atoms with Gasteiger partial charge in [0.05, 0.1) is 5.69 Å². The highest BCUT2D eigenvalue weighted by Gasteiger charge is 2.07. The van der Waals surface area contributed by atoms with Crippen molar-refractivity contribution in [3.63, 3.8) is 0 Å². The van der Waals surface area contributed by atoms with E-state index < -0.39 is 0 Å². The maximum Gasteiger partial charge on any atom is 0.274 e. The molecule has 0 spiro atoms. The van der Waals surface area contributed by atoms with Crippen molar-refractivity contribution in [2.24, 2.45) is 0 Å². The summed E-state index contributed by atoms with van der Waals surface area (Å²) in [5.74, 6) is 0.448. The van der Waals surface area contributed by atoms with Gasteiger partial charge >= 0.3 is 0 Å². The standard InChI is InChI=1S/C22H17N5O/c28-22(19-8-4-5-13-23-19)27-18-11-9-17(10-12-18)26-21-14-20(24-15-25-21)16-6-2-1-3-7-16/h1-15H,(H,27,28)(H,24,25,26). The zero-order valence-corrected chi connectivity index (χ0v) is 14.9. The highest BCUT2D eigenvalue weighted by atomic mass is 16.1. The molecule has 2 heterocycles. The predicted molar refractivity (Wildman–Crippen MR) is 109 cm³/mol. The predicted octanol–water partition coefficient (Wildman–Crippen LogP) is 4.53. The fraction of sp³-hybridized carbons (Fsp3) is 0. The second-order valence-corrected chi connectivity index (χ2v) is 6.03. The summed E-state index contributed by atoms with van der Waals surface area (Å²) < 4.78 is 0. The zero-order valence-electron chi connectivity index (χ0n) is 14.9. The molecule has 0 fully saturated rings. The molecule has 0 radical (unpaired) electrons. The fourth-order valence-corrected chi connectivity index (χ4v) is 2.67. The van der Waals surface area contributed by atoms with Crippen LogP contribution in [0.25, 0.3) is 11.3 Å². The van der Waals surface area contributed by atoms with Crippen molar-refractivity contribution in [2.45, 2.75) is 0 Å². The quantitative estimate of drug-likeness (QED) is 0.541. The summed E-state index contributed by atoms with van der Waals surface area (Å²) in [4.78, 5) is 24.8. The smallest absolute Gasteiger partial charge is 0.274 e. The molecule has 2 aromatic heterocycles. The number of nitrogens with zero attached hydrogens (tertiary/aromatic N) is 3. The minimum Gasteiger partial charge on any atom is -0.340 e. The molecule has 0 saturated carbocycles. The molecule has 0 aliphatic heterocycles. The normalized spacial score (nSPS) is 10.3. The van der Waals surface area contributed by atoms with E-state index in [-0.39, 0.29) is 5.91 Å². The average Bonchev–Trinajstić information content (AvgIpc) is 2.76. The Morgan fingerprint density at radius 3 is 2.25 bits per heavy atom. The number of carbonyl (C=O) groups is 1. The van der Waals surface area contributed by atoms with Crippen molar-refractivity contribution in [3.8, 4) is 11.3 Å². The lowest BCUT2D eigenvalue weighted by Gasteiger charge is -2.09. The van der Waals surface area contributed by atoms with Crippen LogP contribution in [-0.2, 0) is 0 Å². The first kappa shape index (κ1) is 17.4. The van der Waals surface area contributed by atoms with E-state index in [0.29, 0.717) is 17.2 Å². The van der Waals surface area contributed by atoms with Gasteiger partial charge in [-0.25, -0.2) is 9.97 Å². The molecule has 4 rings (SSSR count). The number of hydrogen-bond donors (Lipinski definition) is 2. The van der Waals surface area contributed by atoms with E-state index in [9.17, 15) is 4.79 Å². The number of carbonyl (C=O) groups excluding carboxylic acids is 1. The zero-order chi connectivity index (χ0) is 19.2. The lowest BCUT2D eigenvalue weighted by Crippen LogP contribution is -2.13. The van der Waals surface area contributed by atoms with E-state index in [4.69, 9.17) is 0 Å². The third kappa shape index (κ3) is 4.19. The van der Waals surface area contributed by atoms with Gasteiger partial charge in [-0.3, -0.25) is 9.78 Å². The van der Waals surface area contributed by atoms with E-state index in [1.165, 1.54) is 6.33 Å². The van der Waals surface area contributed by atoms with Crippen molar-refractivity contribution < 1.29 is 4.79 Å². The highest BCUT2D eigenvalue weighted by molar-refractivity contribution is 6.02. The van der Waals surface area contributed by atoms with Crippen LogP contribution in [0.4, 0.5) is 17.2 Å². The molecular weight excluding hydrogens is 350 g/mol. The summed E-state index contributed by atoms with van der Waals surface area (Å²) in [5.41, 5.74) is 3.79. The third-order valence-electron chi connectivity index (χ3n) is 4.05. The molecule has 2 aromatic carbocycles. The van der Waals surface area contributed by atoms with Gasteiger partial charge in [-0.15, -0.1) is 0 Å². The number of anilines is 3. The molecule has 0 atom stereocenters. The second-order valence-electron chi connectivity index (χ2n) is 6.03. The summed E-state index contributed by atoms with van der Waals surface area (Å²) in [7, 11) is 0. The fourth-order valence-electron chi connectivity index (χ4n) is 2.67. The van der Waals surface area contributed by atoms with Crippen molar-refractivity contribution >= 4 is 23.1 Å². The number of pyridine rings is 1. The average molecular weight is 367 g/mol. The summed E-state index contributed by atoms with van der Waals surface area (Å²) in [6.45, 7) is 0. The molecule has 1 amide bonds. The first-order valence-corrected chi connectivity index (χ1v) is 8.75.